The van der Waals surface area contributed by atoms with Crippen LogP contribution in [0.25, 0.3) is 0 Å². The first kappa shape index (κ1) is 19.6. The lowest BCUT2D eigenvalue weighted by Crippen LogP contribution is -2.37. The summed E-state index contributed by atoms with van der Waals surface area (Å²) < 4.78 is 0. The molecule has 2 aliphatic rings. The van der Waals surface area contributed by atoms with E-state index in [1.54, 1.807) is 0 Å². The normalized spacial score (nSPS) is 25.4. The predicted molar refractivity (Wildman–Crippen MR) is 113 cm³/mol. The highest BCUT2D eigenvalue weighted by atomic mass is 16.2. The zero-order valence-corrected chi connectivity index (χ0v) is 16.9. The maximum Gasteiger partial charge on any atom is 0.228 e. The van der Waals surface area contributed by atoms with Gasteiger partial charge >= 0.3 is 0 Å². The molecule has 2 fully saturated rings. The van der Waals surface area contributed by atoms with Crippen molar-refractivity contribution in [3.63, 3.8) is 0 Å². The third-order valence-corrected chi connectivity index (χ3v) is 6.54. The van der Waals surface area contributed by atoms with Crippen LogP contribution in [-0.2, 0) is 9.59 Å². The van der Waals surface area contributed by atoms with Crippen LogP contribution in [-0.4, -0.2) is 47.8 Å². The van der Waals surface area contributed by atoms with E-state index in [0.29, 0.717) is 32.6 Å². The molecule has 2 unspecified atom stereocenters. The van der Waals surface area contributed by atoms with Crippen LogP contribution in [0.1, 0.15) is 36.4 Å². The Labute approximate surface area is 172 Å². The topological polar surface area (TPSA) is 66.6 Å². The molecular formula is C24H29N3O2. The van der Waals surface area contributed by atoms with E-state index in [9.17, 15) is 9.59 Å². The predicted octanol–water partition coefficient (Wildman–Crippen LogP) is 2.80. The Morgan fingerprint density at radius 2 is 1.69 bits per heavy atom. The Morgan fingerprint density at radius 1 is 1.03 bits per heavy atom. The Morgan fingerprint density at radius 3 is 2.34 bits per heavy atom. The summed E-state index contributed by atoms with van der Waals surface area (Å²) in [6.07, 6.45) is 0.301. The van der Waals surface area contributed by atoms with Gasteiger partial charge in [-0.3, -0.25) is 9.59 Å². The molecule has 29 heavy (non-hydrogen) atoms. The fourth-order valence-electron chi connectivity index (χ4n) is 4.81. The molecule has 2 aromatic rings. The second-order valence-electron chi connectivity index (χ2n) is 8.29. The maximum absolute atomic E-state index is 13.2. The number of amides is 2. The van der Waals surface area contributed by atoms with Crippen molar-refractivity contribution in [2.24, 2.45) is 17.6 Å². The van der Waals surface area contributed by atoms with Crippen LogP contribution in [0.2, 0.25) is 0 Å². The van der Waals surface area contributed by atoms with E-state index in [1.165, 1.54) is 5.56 Å². The molecule has 0 saturated carbocycles. The molecule has 5 heteroatoms. The molecule has 0 bridgehead atoms. The number of rotatable bonds is 5. The van der Waals surface area contributed by atoms with Crippen LogP contribution >= 0.6 is 0 Å². The molecule has 0 aromatic heterocycles. The van der Waals surface area contributed by atoms with Gasteiger partial charge in [-0.05, 0) is 30.5 Å². The number of nitrogens with two attached hydrogens (primary N) is 1. The van der Waals surface area contributed by atoms with E-state index in [0.717, 1.165) is 5.56 Å². The van der Waals surface area contributed by atoms with E-state index in [2.05, 4.69) is 12.1 Å². The monoisotopic (exact) mass is 391 g/mol. The molecule has 2 aromatic carbocycles. The second-order valence-corrected chi connectivity index (χ2v) is 8.29. The molecule has 0 spiro atoms. The van der Waals surface area contributed by atoms with Crippen LogP contribution in [0.3, 0.4) is 0 Å². The van der Waals surface area contributed by atoms with Gasteiger partial charge in [-0.1, -0.05) is 60.7 Å². The number of hydrogen-bond donors (Lipinski definition) is 1. The third-order valence-electron chi connectivity index (χ3n) is 6.54. The van der Waals surface area contributed by atoms with E-state index in [4.69, 9.17) is 5.73 Å². The standard InChI is InChI=1S/C24H29N3O2/c1-17(18-8-4-2-5-9-18)27-15-20(12-23(27)28)24(29)26-14-21(13-25)22(16-26)19-10-6-3-7-11-19/h2-11,17,20-22H,12-16,25H2,1H3/t17?,20?,21-,22+/m1/s1. The summed E-state index contributed by atoms with van der Waals surface area (Å²) in [7, 11) is 0. The molecule has 152 valence electrons. The average Bonchev–Trinajstić information content (AvgIpc) is 3.38. The number of nitrogens with zero attached hydrogens (tertiary/aromatic N) is 2. The average molecular weight is 392 g/mol. The van der Waals surface area contributed by atoms with Crippen molar-refractivity contribution in [1.82, 2.24) is 9.80 Å². The summed E-state index contributed by atoms with van der Waals surface area (Å²) in [6, 6.07) is 20.3. The highest BCUT2D eigenvalue weighted by molar-refractivity contribution is 5.89. The lowest BCUT2D eigenvalue weighted by molar-refractivity contribution is -0.135. The molecule has 4 atom stereocenters. The largest absolute Gasteiger partial charge is 0.341 e. The Kier molecular flexibility index (Phi) is 5.67. The molecule has 5 nitrogen and oxygen atoms in total. The number of benzene rings is 2. The molecule has 0 aliphatic carbocycles. The van der Waals surface area contributed by atoms with Gasteiger partial charge in [0.2, 0.25) is 11.8 Å². The van der Waals surface area contributed by atoms with Crippen molar-refractivity contribution in [1.29, 1.82) is 0 Å². The minimum atomic E-state index is -0.262. The van der Waals surface area contributed by atoms with E-state index in [1.807, 2.05) is 65.3 Å². The van der Waals surface area contributed by atoms with Gasteiger partial charge in [0.05, 0.1) is 12.0 Å². The van der Waals surface area contributed by atoms with E-state index >= 15 is 0 Å². The lowest BCUT2D eigenvalue weighted by Gasteiger charge is -2.26. The van der Waals surface area contributed by atoms with Crippen LogP contribution in [0.15, 0.2) is 60.7 Å². The molecule has 2 saturated heterocycles. The number of likely N-dealkylation sites (tertiary alicyclic amines) is 2. The molecule has 2 aliphatic heterocycles. The fourth-order valence-corrected chi connectivity index (χ4v) is 4.81. The van der Waals surface area contributed by atoms with Gasteiger partial charge < -0.3 is 15.5 Å². The summed E-state index contributed by atoms with van der Waals surface area (Å²) in [5, 5.41) is 0. The van der Waals surface area contributed by atoms with Crippen LogP contribution in [0.4, 0.5) is 0 Å². The first-order valence-corrected chi connectivity index (χ1v) is 10.5. The number of carbonyl (C=O) groups is 2. The minimum absolute atomic E-state index is 0.0195. The van der Waals surface area contributed by atoms with Gasteiger partial charge in [-0.25, -0.2) is 0 Å². The summed E-state index contributed by atoms with van der Waals surface area (Å²) in [5.41, 5.74) is 8.36. The van der Waals surface area contributed by atoms with Crippen LogP contribution < -0.4 is 5.73 Å². The lowest BCUT2D eigenvalue weighted by atomic mass is 9.89. The van der Waals surface area contributed by atoms with Gasteiger partial charge in [0, 0.05) is 32.0 Å². The van der Waals surface area contributed by atoms with E-state index < -0.39 is 0 Å². The van der Waals surface area contributed by atoms with Crippen molar-refractivity contribution in [2.45, 2.75) is 25.3 Å². The summed E-state index contributed by atoms with van der Waals surface area (Å²) in [6.45, 7) is 4.45. The zero-order valence-electron chi connectivity index (χ0n) is 16.9. The van der Waals surface area contributed by atoms with Crippen molar-refractivity contribution in [3.8, 4) is 0 Å². The Bertz CT molecular complexity index is 855. The second kappa shape index (κ2) is 8.37. The summed E-state index contributed by atoms with van der Waals surface area (Å²) in [4.78, 5) is 29.7. The first-order chi connectivity index (χ1) is 14.1. The van der Waals surface area contributed by atoms with Crippen molar-refractivity contribution in [3.05, 3.63) is 71.8 Å². The molecule has 2 heterocycles. The van der Waals surface area contributed by atoms with Crippen molar-refractivity contribution >= 4 is 11.8 Å². The maximum atomic E-state index is 13.2. The first-order valence-electron chi connectivity index (χ1n) is 10.5. The Balaban J connectivity index is 1.44. The highest BCUT2D eigenvalue weighted by Gasteiger charge is 2.42. The Hall–Kier alpha value is -2.66. The summed E-state index contributed by atoms with van der Waals surface area (Å²) >= 11 is 0. The van der Waals surface area contributed by atoms with Gasteiger partial charge in [0.25, 0.3) is 0 Å². The third kappa shape index (κ3) is 3.92. The number of hydrogen-bond acceptors (Lipinski definition) is 3. The highest BCUT2D eigenvalue weighted by Crippen LogP contribution is 2.35. The van der Waals surface area contributed by atoms with Gasteiger partial charge in [0.15, 0.2) is 0 Å². The fraction of sp³-hybridized carbons (Fsp3) is 0.417. The molecule has 2 N–H and O–H groups in total. The van der Waals surface area contributed by atoms with E-state index in [-0.39, 0.29) is 35.6 Å². The van der Waals surface area contributed by atoms with Gasteiger partial charge in [-0.2, -0.15) is 0 Å². The van der Waals surface area contributed by atoms with Crippen LogP contribution in [0, 0.1) is 11.8 Å². The smallest absolute Gasteiger partial charge is 0.228 e. The zero-order chi connectivity index (χ0) is 20.4. The molecular weight excluding hydrogens is 362 g/mol. The van der Waals surface area contributed by atoms with Crippen molar-refractivity contribution in [2.75, 3.05) is 26.2 Å². The molecule has 0 radical (unpaired) electrons. The molecule has 4 rings (SSSR count). The van der Waals surface area contributed by atoms with Gasteiger partial charge in [-0.15, -0.1) is 0 Å². The van der Waals surface area contributed by atoms with Gasteiger partial charge in [0.1, 0.15) is 0 Å². The minimum Gasteiger partial charge on any atom is -0.341 e. The number of carbonyl (C=O) groups excluding carboxylic acids is 2. The van der Waals surface area contributed by atoms with Crippen LogP contribution in [0.5, 0.6) is 0 Å². The SMILES string of the molecule is CC(c1ccccc1)N1CC(C(=O)N2C[C@@H](CN)[C@H](c3ccccc3)C2)CC1=O. The summed E-state index contributed by atoms with van der Waals surface area (Å²) in [5.74, 6) is 0.424. The molecule has 2 amide bonds. The quantitative estimate of drug-likeness (QED) is 0.852. The van der Waals surface area contributed by atoms with Crippen molar-refractivity contribution < 1.29 is 9.59 Å².